The van der Waals surface area contributed by atoms with Gasteiger partial charge in [-0.1, -0.05) is 40.2 Å². The molecule has 3 amide bonds. The molecule has 31 heavy (non-hydrogen) atoms. The molecule has 3 N–H and O–H groups in total. The molecule has 0 saturated heterocycles. The molecule has 0 aliphatic rings. The third kappa shape index (κ3) is 9.95. The number of anilines is 1. The van der Waals surface area contributed by atoms with Crippen LogP contribution < -0.4 is 16.0 Å². The van der Waals surface area contributed by atoms with Crippen molar-refractivity contribution in [3.8, 4) is 0 Å². The molecule has 2 aromatic carbocycles. The Labute approximate surface area is 190 Å². The second-order valence-electron chi connectivity index (χ2n) is 7.71. The van der Waals surface area contributed by atoms with Gasteiger partial charge in [0.2, 0.25) is 11.8 Å². The maximum atomic E-state index is 12.0. The highest BCUT2D eigenvalue weighted by Gasteiger charge is 2.16. The van der Waals surface area contributed by atoms with E-state index in [9.17, 15) is 14.4 Å². The summed E-state index contributed by atoms with van der Waals surface area (Å²) in [6.45, 7) is 5.33. The van der Waals surface area contributed by atoms with Gasteiger partial charge in [-0.05, 0) is 62.2 Å². The summed E-state index contributed by atoms with van der Waals surface area (Å²) in [5.41, 5.74) is 1.67. The highest BCUT2D eigenvalue weighted by atomic mass is 79.9. The number of alkyl carbamates (subject to hydrolysis) is 1. The summed E-state index contributed by atoms with van der Waals surface area (Å²) in [4.78, 5) is 35.7. The zero-order valence-corrected chi connectivity index (χ0v) is 19.3. The first-order valence-electron chi connectivity index (χ1n) is 9.68. The summed E-state index contributed by atoms with van der Waals surface area (Å²) in [7, 11) is 0. The Kier molecular flexibility index (Phi) is 8.81. The molecule has 0 aliphatic carbocycles. The molecule has 0 radical (unpaired) electrons. The lowest BCUT2D eigenvalue weighted by atomic mass is 10.2. The van der Waals surface area contributed by atoms with Crippen molar-refractivity contribution < 1.29 is 19.1 Å². The number of hydrogen-bond acceptors (Lipinski definition) is 4. The number of amides is 3. The molecule has 0 unspecified atom stereocenters. The molecule has 0 aliphatic heterocycles. The number of halogens is 1. The standard InChI is InChI=1S/C23H26BrN3O4/c1-23(2,3)31-22(30)26-15-21(29)27-19-6-4-5-17(13-19)14-25-20(28)12-9-16-7-10-18(24)11-8-16/h4-13H,14-15H2,1-3H3,(H,25,28)(H,26,30)(H,27,29)/b12-9+. The first kappa shape index (κ1) is 24.1. The van der Waals surface area contributed by atoms with E-state index in [1.807, 2.05) is 30.3 Å². The van der Waals surface area contributed by atoms with E-state index < -0.39 is 11.7 Å². The van der Waals surface area contributed by atoms with E-state index in [-0.39, 0.29) is 18.4 Å². The van der Waals surface area contributed by atoms with Gasteiger partial charge in [0.25, 0.3) is 0 Å². The van der Waals surface area contributed by atoms with E-state index in [0.29, 0.717) is 12.2 Å². The van der Waals surface area contributed by atoms with E-state index in [1.165, 1.54) is 6.08 Å². The Hall–Kier alpha value is -3.13. The highest BCUT2D eigenvalue weighted by molar-refractivity contribution is 9.10. The van der Waals surface area contributed by atoms with Gasteiger partial charge in [-0.25, -0.2) is 4.79 Å². The van der Waals surface area contributed by atoms with Crippen LogP contribution in [0.25, 0.3) is 6.08 Å². The van der Waals surface area contributed by atoms with Crippen LogP contribution in [0.3, 0.4) is 0 Å². The van der Waals surface area contributed by atoms with Crippen LogP contribution in [0, 0.1) is 0 Å². The van der Waals surface area contributed by atoms with Crippen LogP contribution in [0.2, 0.25) is 0 Å². The Morgan fingerprint density at radius 2 is 1.74 bits per heavy atom. The van der Waals surface area contributed by atoms with Crippen LogP contribution in [0.1, 0.15) is 31.9 Å². The fourth-order valence-corrected chi connectivity index (χ4v) is 2.69. The van der Waals surface area contributed by atoms with Crippen molar-refractivity contribution in [1.29, 1.82) is 0 Å². The minimum atomic E-state index is -0.657. The van der Waals surface area contributed by atoms with Gasteiger partial charge in [0.1, 0.15) is 12.1 Å². The van der Waals surface area contributed by atoms with Gasteiger partial charge in [-0.15, -0.1) is 0 Å². The van der Waals surface area contributed by atoms with Crippen molar-refractivity contribution in [2.45, 2.75) is 32.9 Å². The minimum Gasteiger partial charge on any atom is -0.444 e. The fourth-order valence-electron chi connectivity index (χ4n) is 2.42. The fraction of sp³-hybridized carbons (Fsp3) is 0.261. The Morgan fingerprint density at radius 1 is 1.03 bits per heavy atom. The normalized spacial score (nSPS) is 11.1. The van der Waals surface area contributed by atoms with Crippen molar-refractivity contribution in [2.75, 3.05) is 11.9 Å². The summed E-state index contributed by atoms with van der Waals surface area (Å²) in [6, 6.07) is 14.7. The third-order valence-electron chi connectivity index (χ3n) is 3.77. The quantitative estimate of drug-likeness (QED) is 0.508. The minimum absolute atomic E-state index is 0.212. The number of rotatable bonds is 7. The molecule has 2 aromatic rings. The lowest BCUT2D eigenvalue weighted by molar-refractivity contribution is -0.117. The monoisotopic (exact) mass is 487 g/mol. The van der Waals surface area contributed by atoms with Gasteiger partial charge >= 0.3 is 6.09 Å². The second-order valence-corrected chi connectivity index (χ2v) is 8.62. The smallest absolute Gasteiger partial charge is 0.408 e. The summed E-state index contributed by atoms with van der Waals surface area (Å²) < 4.78 is 6.06. The van der Waals surface area contributed by atoms with Crippen LogP contribution in [0.5, 0.6) is 0 Å². The predicted molar refractivity (Wildman–Crippen MR) is 124 cm³/mol. The summed E-state index contributed by atoms with van der Waals surface area (Å²) in [5.74, 6) is -0.608. The molecule has 0 aromatic heterocycles. The molecular formula is C23H26BrN3O4. The summed E-state index contributed by atoms with van der Waals surface area (Å²) in [5, 5.41) is 7.91. The predicted octanol–water partition coefficient (Wildman–Crippen LogP) is 4.24. The number of nitrogens with one attached hydrogen (secondary N) is 3. The zero-order chi connectivity index (χ0) is 22.9. The van der Waals surface area contributed by atoms with Gasteiger partial charge in [-0.2, -0.15) is 0 Å². The van der Waals surface area contributed by atoms with Crippen LogP contribution in [0.15, 0.2) is 59.1 Å². The van der Waals surface area contributed by atoms with Crippen molar-refractivity contribution >= 4 is 45.6 Å². The highest BCUT2D eigenvalue weighted by Crippen LogP contribution is 2.12. The van der Waals surface area contributed by atoms with Crippen LogP contribution >= 0.6 is 15.9 Å². The molecule has 7 nitrogen and oxygen atoms in total. The maximum Gasteiger partial charge on any atom is 0.408 e. The van der Waals surface area contributed by atoms with Crippen molar-refractivity contribution in [3.63, 3.8) is 0 Å². The average molecular weight is 488 g/mol. The van der Waals surface area contributed by atoms with Crippen molar-refractivity contribution in [1.82, 2.24) is 10.6 Å². The van der Waals surface area contributed by atoms with E-state index in [0.717, 1.165) is 15.6 Å². The Morgan fingerprint density at radius 3 is 2.42 bits per heavy atom. The molecule has 0 saturated carbocycles. The number of carbonyl (C=O) groups is 3. The van der Waals surface area contributed by atoms with E-state index in [2.05, 4.69) is 31.9 Å². The first-order chi connectivity index (χ1) is 14.6. The zero-order valence-electron chi connectivity index (χ0n) is 17.7. The number of benzene rings is 2. The van der Waals surface area contributed by atoms with Gasteiger partial charge in [0.15, 0.2) is 0 Å². The van der Waals surface area contributed by atoms with Crippen LogP contribution in [-0.2, 0) is 20.9 Å². The largest absolute Gasteiger partial charge is 0.444 e. The maximum absolute atomic E-state index is 12.0. The summed E-state index contributed by atoms with van der Waals surface area (Å²) in [6.07, 6.45) is 2.54. The van der Waals surface area contributed by atoms with Gasteiger partial charge in [0, 0.05) is 22.8 Å². The van der Waals surface area contributed by atoms with E-state index in [1.54, 1.807) is 45.0 Å². The molecular weight excluding hydrogens is 462 g/mol. The molecule has 0 atom stereocenters. The van der Waals surface area contributed by atoms with E-state index in [4.69, 9.17) is 4.74 Å². The molecule has 164 valence electrons. The van der Waals surface area contributed by atoms with Crippen molar-refractivity contribution in [2.24, 2.45) is 0 Å². The van der Waals surface area contributed by atoms with Gasteiger partial charge < -0.3 is 20.7 Å². The average Bonchev–Trinajstić information content (AvgIpc) is 2.69. The molecule has 2 rings (SSSR count). The number of hydrogen-bond donors (Lipinski definition) is 3. The molecule has 0 fully saturated rings. The number of ether oxygens (including phenoxy) is 1. The first-order valence-corrected chi connectivity index (χ1v) is 10.5. The van der Waals surface area contributed by atoms with Crippen LogP contribution in [0.4, 0.5) is 10.5 Å². The lowest BCUT2D eigenvalue weighted by Gasteiger charge is -2.19. The van der Waals surface area contributed by atoms with Gasteiger partial charge in [-0.3, -0.25) is 9.59 Å². The Bertz CT molecular complexity index is 950. The Balaban J connectivity index is 1.80. The van der Waals surface area contributed by atoms with Gasteiger partial charge in [0.05, 0.1) is 0 Å². The number of carbonyl (C=O) groups excluding carboxylic acids is 3. The molecule has 0 spiro atoms. The second kappa shape index (κ2) is 11.3. The molecule has 0 heterocycles. The SMILES string of the molecule is CC(C)(C)OC(=O)NCC(=O)Nc1cccc(CNC(=O)/C=C/c2ccc(Br)cc2)c1. The van der Waals surface area contributed by atoms with Crippen LogP contribution in [-0.4, -0.2) is 30.1 Å². The topological polar surface area (TPSA) is 96.5 Å². The summed E-state index contributed by atoms with van der Waals surface area (Å²) >= 11 is 3.37. The van der Waals surface area contributed by atoms with E-state index >= 15 is 0 Å². The lowest BCUT2D eigenvalue weighted by Crippen LogP contribution is -2.37. The van der Waals surface area contributed by atoms with Crippen molar-refractivity contribution in [3.05, 3.63) is 70.2 Å². The third-order valence-corrected chi connectivity index (χ3v) is 4.30. The molecule has 8 heteroatoms. The molecule has 0 bridgehead atoms.